The molecule has 2 aromatic heterocycles. The maximum absolute atomic E-state index is 13.1. The molecule has 3 aromatic rings. The molecular formula is C25H29N7O9. The van der Waals surface area contributed by atoms with E-state index in [2.05, 4.69) is 25.6 Å². The molecule has 10 N–H and O–H groups in total. The summed E-state index contributed by atoms with van der Waals surface area (Å²) in [5, 5.41) is 35.1. The maximum Gasteiger partial charge on any atom is 0.326 e. The van der Waals surface area contributed by atoms with Crippen LogP contribution >= 0.6 is 0 Å². The molecule has 1 aromatic carbocycles. The molecule has 4 atom stereocenters. The zero-order valence-electron chi connectivity index (χ0n) is 21.5. The summed E-state index contributed by atoms with van der Waals surface area (Å²) in [6, 6.07) is 1.21. The van der Waals surface area contributed by atoms with Crippen LogP contribution in [0.15, 0.2) is 43.0 Å². The van der Waals surface area contributed by atoms with Crippen LogP contribution < -0.4 is 21.7 Å². The third-order valence-corrected chi connectivity index (χ3v) is 6.07. The second-order valence-electron chi connectivity index (χ2n) is 9.17. The summed E-state index contributed by atoms with van der Waals surface area (Å²) in [5.41, 5.74) is 7.96. The molecule has 2 heterocycles. The Morgan fingerprint density at radius 1 is 0.805 bits per heavy atom. The molecule has 0 aliphatic rings. The lowest BCUT2D eigenvalue weighted by atomic mass is 10.0. The number of hydrogen-bond donors (Lipinski definition) is 9. The average molecular weight is 572 g/mol. The van der Waals surface area contributed by atoms with Crippen LogP contribution in [0, 0.1) is 0 Å². The summed E-state index contributed by atoms with van der Waals surface area (Å²) in [4.78, 5) is 82.4. The fourth-order valence-electron chi connectivity index (χ4n) is 4.04. The van der Waals surface area contributed by atoms with Crippen molar-refractivity contribution in [1.82, 2.24) is 30.9 Å². The second-order valence-corrected chi connectivity index (χ2v) is 9.17. The summed E-state index contributed by atoms with van der Waals surface area (Å²) in [7, 11) is 0. The van der Waals surface area contributed by atoms with Crippen LogP contribution in [-0.4, -0.2) is 90.1 Å². The van der Waals surface area contributed by atoms with Gasteiger partial charge in [0.2, 0.25) is 17.7 Å². The highest BCUT2D eigenvalue weighted by Gasteiger charge is 2.32. The quantitative estimate of drug-likeness (QED) is 0.101. The molecule has 16 nitrogen and oxygen atoms in total. The van der Waals surface area contributed by atoms with Gasteiger partial charge in [0.15, 0.2) is 0 Å². The van der Waals surface area contributed by atoms with Crippen molar-refractivity contribution < 1.29 is 44.1 Å². The molecule has 4 unspecified atom stereocenters. The summed E-state index contributed by atoms with van der Waals surface area (Å²) in [6.45, 7) is 0. The molecule has 0 spiro atoms. The van der Waals surface area contributed by atoms with Gasteiger partial charge >= 0.3 is 17.9 Å². The molecule has 0 bridgehead atoms. The van der Waals surface area contributed by atoms with Crippen molar-refractivity contribution in [3.05, 3.63) is 54.2 Å². The number of hydrogen-bond acceptors (Lipinski definition) is 8. The van der Waals surface area contributed by atoms with E-state index in [0.29, 0.717) is 5.69 Å². The van der Waals surface area contributed by atoms with Gasteiger partial charge in [-0.05, 0) is 18.1 Å². The summed E-state index contributed by atoms with van der Waals surface area (Å²) < 4.78 is 0. The van der Waals surface area contributed by atoms with E-state index in [9.17, 15) is 39.0 Å². The van der Waals surface area contributed by atoms with Crippen LogP contribution in [-0.2, 0) is 41.6 Å². The number of aromatic nitrogens is 3. The van der Waals surface area contributed by atoms with E-state index in [4.69, 9.17) is 10.8 Å². The first-order valence-corrected chi connectivity index (χ1v) is 12.3. The predicted octanol–water partition coefficient (Wildman–Crippen LogP) is -1.51. The van der Waals surface area contributed by atoms with Crippen molar-refractivity contribution in [3.63, 3.8) is 0 Å². The van der Waals surface area contributed by atoms with E-state index in [-0.39, 0.29) is 12.8 Å². The minimum Gasteiger partial charge on any atom is -0.481 e. The standard InChI is InChI=1S/C25H29N7O9/c26-15(5-12-9-28-16-4-2-1-3-14(12)16)22(37)30-18(7-20(33)34)24(39)31-17(6-13-10-27-11-29-13)23(38)32-19(25(40)41)8-21(35)36/h1-4,9-11,15,17-19,28H,5-8,26H2,(H,27,29)(H,30,37)(H,31,39)(H,32,38)(H,33,34)(H,35,36)(H,40,41). The molecule has 0 saturated heterocycles. The molecule has 16 heteroatoms. The molecule has 3 amide bonds. The minimum absolute atomic E-state index is 0.0717. The van der Waals surface area contributed by atoms with Gasteiger partial charge < -0.3 is 47.0 Å². The number of carbonyl (C=O) groups is 6. The lowest BCUT2D eigenvalue weighted by molar-refractivity contribution is -0.147. The number of benzene rings is 1. The van der Waals surface area contributed by atoms with Crippen LogP contribution in [0.1, 0.15) is 24.1 Å². The number of nitrogens with two attached hydrogens (primary N) is 1. The number of nitrogens with one attached hydrogen (secondary N) is 5. The van der Waals surface area contributed by atoms with Gasteiger partial charge in [0, 0.05) is 35.4 Å². The lowest BCUT2D eigenvalue weighted by Crippen LogP contribution is -2.58. The Morgan fingerprint density at radius 2 is 1.41 bits per heavy atom. The third-order valence-electron chi connectivity index (χ3n) is 6.07. The van der Waals surface area contributed by atoms with Gasteiger partial charge in [-0.15, -0.1) is 0 Å². The number of carbonyl (C=O) groups excluding carboxylic acids is 3. The van der Waals surface area contributed by atoms with Gasteiger partial charge in [-0.1, -0.05) is 18.2 Å². The van der Waals surface area contributed by atoms with Crippen molar-refractivity contribution in [2.45, 2.75) is 49.9 Å². The molecule has 41 heavy (non-hydrogen) atoms. The van der Waals surface area contributed by atoms with Crippen LogP contribution in [0.5, 0.6) is 0 Å². The van der Waals surface area contributed by atoms with Crippen LogP contribution in [0.3, 0.4) is 0 Å². The Bertz CT molecular complexity index is 1420. The van der Waals surface area contributed by atoms with E-state index in [1.807, 2.05) is 29.6 Å². The molecule has 218 valence electrons. The number of fused-ring (bicyclic) bond motifs is 1. The Labute approximate surface area is 231 Å². The molecule has 0 fully saturated rings. The number of H-pyrrole nitrogens is 2. The van der Waals surface area contributed by atoms with Crippen molar-refractivity contribution in [2.75, 3.05) is 0 Å². The Hall–Kier alpha value is -5.25. The van der Waals surface area contributed by atoms with Gasteiger partial charge in [0.25, 0.3) is 0 Å². The number of aromatic amines is 2. The lowest BCUT2D eigenvalue weighted by Gasteiger charge is -2.24. The highest BCUT2D eigenvalue weighted by atomic mass is 16.4. The Morgan fingerprint density at radius 3 is 2.05 bits per heavy atom. The molecular weight excluding hydrogens is 542 g/mol. The van der Waals surface area contributed by atoms with Crippen LogP contribution in [0.2, 0.25) is 0 Å². The highest BCUT2D eigenvalue weighted by Crippen LogP contribution is 2.18. The SMILES string of the molecule is NC(Cc1c[nH]c2ccccc12)C(=O)NC(CC(=O)O)C(=O)NC(Cc1cnc[nH]1)C(=O)NC(CC(=O)O)C(=O)O. The highest BCUT2D eigenvalue weighted by molar-refractivity contribution is 5.96. The van der Waals surface area contributed by atoms with Crippen molar-refractivity contribution in [1.29, 1.82) is 0 Å². The number of amides is 3. The molecule has 0 radical (unpaired) electrons. The zero-order chi connectivity index (χ0) is 30.1. The van der Waals surface area contributed by atoms with Gasteiger partial charge in [0.05, 0.1) is 25.2 Å². The van der Waals surface area contributed by atoms with Crippen molar-refractivity contribution in [2.24, 2.45) is 5.73 Å². The average Bonchev–Trinajstić information content (AvgIpc) is 3.57. The topological polar surface area (TPSA) is 270 Å². The number of aliphatic carboxylic acids is 3. The Balaban J connectivity index is 1.74. The zero-order valence-corrected chi connectivity index (χ0v) is 21.5. The monoisotopic (exact) mass is 571 g/mol. The first kappa shape index (κ1) is 30.3. The number of para-hydroxylation sites is 1. The summed E-state index contributed by atoms with van der Waals surface area (Å²) in [5.74, 6) is -7.48. The van der Waals surface area contributed by atoms with Crippen molar-refractivity contribution >= 4 is 46.5 Å². The summed E-state index contributed by atoms with van der Waals surface area (Å²) >= 11 is 0. The van der Waals surface area contributed by atoms with Gasteiger partial charge in [-0.2, -0.15) is 0 Å². The number of imidazole rings is 1. The van der Waals surface area contributed by atoms with Gasteiger partial charge in [0.1, 0.15) is 18.1 Å². The molecule has 0 aliphatic heterocycles. The first-order chi connectivity index (χ1) is 19.4. The Kier molecular flexibility index (Phi) is 10.1. The first-order valence-electron chi connectivity index (χ1n) is 12.3. The van der Waals surface area contributed by atoms with E-state index < -0.39 is 72.6 Å². The molecule has 3 rings (SSSR count). The predicted molar refractivity (Wildman–Crippen MR) is 140 cm³/mol. The van der Waals surface area contributed by atoms with E-state index in [1.165, 1.54) is 12.5 Å². The van der Waals surface area contributed by atoms with Gasteiger partial charge in [-0.25, -0.2) is 9.78 Å². The molecule has 0 saturated carbocycles. The van der Waals surface area contributed by atoms with E-state index in [1.54, 1.807) is 6.20 Å². The van der Waals surface area contributed by atoms with Crippen LogP contribution in [0.4, 0.5) is 0 Å². The minimum atomic E-state index is -1.81. The fourth-order valence-corrected chi connectivity index (χ4v) is 4.04. The largest absolute Gasteiger partial charge is 0.481 e. The van der Waals surface area contributed by atoms with E-state index in [0.717, 1.165) is 16.5 Å². The van der Waals surface area contributed by atoms with Crippen LogP contribution in [0.25, 0.3) is 10.9 Å². The summed E-state index contributed by atoms with van der Waals surface area (Å²) in [6.07, 6.45) is 2.35. The third kappa shape index (κ3) is 8.62. The maximum atomic E-state index is 13.1. The number of carboxylic acids is 3. The normalized spacial score (nSPS) is 13.9. The number of carboxylic acid groups (broad SMARTS) is 3. The van der Waals surface area contributed by atoms with Gasteiger partial charge in [-0.3, -0.25) is 24.0 Å². The number of nitrogens with zero attached hydrogens (tertiary/aromatic N) is 1. The van der Waals surface area contributed by atoms with E-state index >= 15 is 0 Å². The number of rotatable bonds is 15. The molecule has 0 aliphatic carbocycles. The second kappa shape index (κ2) is 13.7. The smallest absolute Gasteiger partial charge is 0.326 e. The fraction of sp³-hybridized carbons (Fsp3) is 0.320. The van der Waals surface area contributed by atoms with Crippen molar-refractivity contribution in [3.8, 4) is 0 Å².